The topological polar surface area (TPSA) is 44.8 Å². The van der Waals surface area contributed by atoms with Gasteiger partial charge in [0, 0.05) is 5.56 Å². The molecule has 0 spiro atoms. The van der Waals surface area contributed by atoms with E-state index in [-0.39, 0.29) is 6.61 Å². The molecule has 0 N–H and O–H groups in total. The van der Waals surface area contributed by atoms with Crippen molar-refractivity contribution < 1.29 is 19.0 Å². The molecule has 4 nitrogen and oxygen atoms in total. The van der Waals surface area contributed by atoms with Gasteiger partial charge in [-0.15, -0.1) is 0 Å². The number of methoxy groups -OCH3 is 1. The summed E-state index contributed by atoms with van der Waals surface area (Å²) in [6.45, 7) is 0.542. The molecular formula is C16H14Cl2O4. The van der Waals surface area contributed by atoms with Crippen LogP contribution < -0.4 is 14.2 Å². The minimum Gasteiger partial charge on any atom is -0.493 e. The molecule has 0 radical (unpaired) electrons. The first kappa shape index (κ1) is 16.5. The Labute approximate surface area is 138 Å². The van der Waals surface area contributed by atoms with E-state index in [4.69, 9.17) is 37.4 Å². The maximum absolute atomic E-state index is 10.8. The summed E-state index contributed by atoms with van der Waals surface area (Å²) in [5, 5.41) is 0.840. The monoisotopic (exact) mass is 340 g/mol. The van der Waals surface area contributed by atoms with Crippen molar-refractivity contribution in [3.8, 4) is 17.2 Å². The van der Waals surface area contributed by atoms with E-state index in [1.54, 1.807) is 18.2 Å². The van der Waals surface area contributed by atoms with Gasteiger partial charge in [-0.3, -0.25) is 4.79 Å². The van der Waals surface area contributed by atoms with Crippen LogP contribution in [0, 0.1) is 0 Å². The van der Waals surface area contributed by atoms with E-state index in [1.807, 2.05) is 12.1 Å². The van der Waals surface area contributed by atoms with Crippen molar-refractivity contribution in [2.75, 3.05) is 20.3 Å². The van der Waals surface area contributed by atoms with Crippen LogP contribution in [0.3, 0.4) is 0 Å². The SMILES string of the molecule is COc1cc(C=O)cc(Cl)c1OCCOc1ccccc1Cl. The Morgan fingerprint density at radius 3 is 2.41 bits per heavy atom. The van der Waals surface area contributed by atoms with Crippen LogP contribution >= 0.6 is 23.2 Å². The highest BCUT2D eigenvalue weighted by atomic mass is 35.5. The van der Waals surface area contributed by atoms with E-state index in [9.17, 15) is 4.79 Å². The molecule has 0 aromatic heterocycles. The van der Waals surface area contributed by atoms with E-state index in [0.717, 1.165) is 0 Å². The molecule has 0 unspecified atom stereocenters. The highest BCUT2D eigenvalue weighted by Crippen LogP contribution is 2.36. The van der Waals surface area contributed by atoms with Crippen LogP contribution in [0.2, 0.25) is 10.0 Å². The van der Waals surface area contributed by atoms with Gasteiger partial charge in [-0.25, -0.2) is 0 Å². The van der Waals surface area contributed by atoms with Gasteiger partial charge in [-0.2, -0.15) is 0 Å². The second-order valence-corrected chi connectivity index (χ2v) is 5.09. The Bertz CT molecular complexity index is 659. The predicted molar refractivity (Wildman–Crippen MR) is 85.8 cm³/mol. The molecule has 2 aromatic carbocycles. The standard InChI is InChI=1S/C16H14Cl2O4/c1-20-15-9-11(10-19)8-13(18)16(15)22-7-6-21-14-5-3-2-4-12(14)17/h2-5,8-10H,6-7H2,1H3. The summed E-state index contributed by atoms with van der Waals surface area (Å²) in [7, 11) is 1.48. The molecule has 0 saturated carbocycles. The van der Waals surface area contributed by atoms with Crippen molar-refractivity contribution in [3.63, 3.8) is 0 Å². The van der Waals surface area contributed by atoms with Crippen molar-refractivity contribution in [1.82, 2.24) is 0 Å². The fourth-order valence-electron chi connectivity index (χ4n) is 1.81. The Morgan fingerprint density at radius 2 is 1.73 bits per heavy atom. The number of hydrogen-bond acceptors (Lipinski definition) is 4. The molecule has 2 aromatic rings. The van der Waals surface area contributed by atoms with Crippen LogP contribution in [0.4, 0.5) is 0 Å². The quantitative estimate of drug-likeness (QED) is 0.557. The first-order valence-corrected chi connectivity index (χ1v) is 7.24. The second-order valence-electron chi connectivity index (χ2n) is 4.28. The maximum atomic E-state index is 10.8. The molecule has 0 bridgehead atoms. The third-order valence-electron chi connectivity index (χ3n) is 2.81. The van der Waals surface area contributed by atoms with E-state index >= 15 is 0 Å². The molecule has 0 fully saturated rings. The maximum Gasteiger partial charge on any atom is 0.179 e. The number of aldehydes is 1. The zero-order valence-electron chi connectivity index (χ0n) is 11.8. The predicted octanol–water partition coefficient (Wildman–Crippen LogP) is 4.27. The van der Waals surface area contributed by atoms with Gasteiger partial charge in [0.25, 0.3) is 0 Å². The van der Waals surface area contributed by atoms with Gasteiger partial charge in [-0.1, -0.05) is 35.3 Å². The van der Waals surface area contributed by atoms with Crippen LogP contribution in [-0.2, 0) is 0 Å². The molecule has 22 heavy (non-hydrogen) atoms. The lowest BCUT2D eigenvalue weighted by Crippen LogP contribution is -2.10. The lowest BCUT2D eigenvalue weighted by molar-refractivity contribution is 0.112. The molecule has 2 rings (SSSR count). The van der Waals surface area contributed by atoms with Crippen molar-refractivity contribution in [1.29, 1.82) is 0 Å². The zero-order chi connectivity index (χ0) is 15.9. The van der Waals surface area contributed by atoms with Gasteiger partial charge < -0.3 is 14.2 Å². The summed E-state index contributed by atoms with van der Waals surface area (Å²) in [4.78, 5) is 10.8. The fourth-order valence-corrected chi connectivity index (χ4v) is 2.27. The molecule has 0 saturated heterocycles. The van der Waals surface area contributed by atoms with Crippen LogP contribution in [-0.4, -0.2) is 26.6 Å². The molecule has 0 aliphatic carbocycles. The lowest BCUT2D eigenvalue weighted by Gasteiger charge is -2.13. The number of rotatable bonds is 7. The van der Waals surface area contributed by atoms with Gasteiger partial charge in [0.1, 0.15) is 25.2 Å². The average Bonchev–Trinajstić information content (AvgIpc) is 2.53. The second kappa shape index (κ2) is 7.92. The van der Waals surface area contributed by atoms with Crippen molar-refractivity contribution in [2.24, 2.45) is 0 Å². The van der Waals surface area contributed by atoms with Crippen LogP contribution in [0.1, 0.15) is 10.4 Å². The van der Waals surface area contributed by atoms with Gasteiger partial charge in [-0.05, 0) is 24.3 Å². The molecule has 0 heterocycles. The summed E-state index contributed by atoms with van der Waals surface area (Å²) in [5.74, 6) is 1.35. The number of carbonyl (C=O) groups is 1. The number of benzene rings is 2. The Balaban J connectivity index is 1.97. The summed E-state index contributed by atoms with van der Waals surface area (Å²) in [6, 6.07) is 10.3. The molecule has 0 aliphatic rings. The van der Waals surface area contributed by atoms with E-state index in [2.05, 4.69) is 0 Å². The number of carbonyl (C=O) groups excluding carboxylic acids is 1. The summed E-state index contributed by atoms with van der Waals surface area (Å²) in [5.41, 5.74) is 0.418. The molecule has 0 atom stereocenters. The van der Waals surface area contributed by atoms with E-state index in [1.165, 1.54) is 13.2 Å². The minimum atomic E-state index is 0.252. The number of ether oxygens (including phenoxy) is 3. The zero-order valence-corrected chi connectivity index (χ0v) is 13.4. The third-order valence-corrected chi connectivity index (χ3v) is 3.40. The van der Waals surface area contributed by atoms with Crippen molar-refractivity contribution in [2.45, 2.75) is 0 Å². The third kappa shape index (κ3) is 4.06. The minimum absolute atomic E-state index is 0.252. The molecule has 0 amide bonds. The summed E-state index contributed by atoms with van der Waals surface area (Å²) >= 11 is 12.1. The molecular weight excluding hydrogens is 327 g/mol. The number of para-hydroxylation sites is 1. The van der Waals surface area contributed by atoms with Crippen LogP contribution in [0.15, 0.2) is 36.4 Å². The van der Waals surface area contributed by atoms with Crippen LogP contribution in [0.5, 0.6) is 17.2 Å². The van der Waals surface area contributed by atoms with Crippen molar-refractivity contribution in [3.05, 3.63) is 52.0 Å². The van der Waals surface area contributed by atoms with Crippen LogP contribution in [0.25, 0.3) is 0 Å². The van der Waals surface area contributed by atoms with Gasteiger partial charge >= 0.3 is 0 Å². The average molecular weight is 341 g/mol. The largest absolute Gasteiger partial charge is 0.493 e. The highest BCUT2D eigenvalue weighted by molar-refractivity contribution is 6.32. The highest BCUT2D eigenvalue weighted by Gasteiger charge is 2.12. The summed E-state index contributed by atoms with van der Waals surface area (Å²) < 4.78 is 16.3. The fraction of sp³-hybridized carbons (Fsp3) is 0.188. The normalized spacial score (nSPS) is 10.1. The number of hydrogen-bond donors (Lipinski definition) is 0. The Kier molecular flexibility index (Phi) is 5.92. The first-order valence-electron chi connectivity index (χ1n) is 6.48. The van der Waals surface area contributed by atoms with Gasteiger partial charge in [0.05, 0.1) is 17.2 Å². The smallest absolute Gasteiger partial charge is 0.179 e. The molecule has 116 valence electrons. The Morgan fingerprint density at radius 1 is 1.00 bits per heavy atom. The van der Waals surface area contributed by atoms with E-state index in [0.29, 0.717) is 45.8 Å². The first-order chi connectivity index (χ1) is 10.7. The molecule has 0 aliphatic heterocycles. The van der Waals surface area contributed by atoms with Gasteiger partial charge in [0.2, 0.25) is 0 Å². The van der Waals surface area contributed by atoms with Crippen molar-refractivity contribution >= 4 is 29.5 Å². The Hall–Kier alpha value is -1.91. The lowest BCUT2D eigenvalue weighted by atomic mass is 10.2. The van der Waals surface area contributed by atoms with E-state index < -0.39 is 0 Å². The summed E-state index contributed by atoms with van der Waals surface area (Å²) in [6.07, 6.45) is 0.693. The number of halogens is 2. The van der Waals surface area contributed by atoms with Gasteiger partial charge in [0.15, 0.2) is 11.5 Å². The molecule has 6 heteroatoms.